The van der Waals surface area contributed by atoms with Crippen LogP contribution in [0.4, 0.5) is 19.3 Å². The molecule has 8 heteroatoms. The molecule has 0 spiro atoms. The number of nitrogens with zero attached hydrogens (tertiary/aromatic N) is 1. The van der Waals surface area contributed by atoms with Crippen LogP contribution in [0.1, 0.15) is 10.4 Å². The summed E-state index contributed by atoms with van der Waals surface area (Å²) in [5, 5.41) is 11.0. The Bertz CT molecular complexity index is 526. The van der Waals surface area contributed by atoms with Gasteiger partial charge in [-0.15, -0.1) is 0 Å². The summed E-state index contributed by atoms with van der Waals surface area (Å²) in [7, 11) is 1.52. The summed E-state index contributed by atoms with van der Waals surface area (Å²) in [4.78, 5) is 23.8. The zero-order valence-corrected chi connectivity index (χ0v) is 11.8. The largest absolute Gasteiger partial charge is 0.478 e. The first kappa shape index (κ1) is 16.2. The highest BCUT2D eigenvalue weighted by molar-refractivity contribution is 7.98. The molecule has 0 fully saturated rings. The maximum Gasteiger partial charge on any atom is 0.338 e. The highest BCUT2D eigenvalue weighted by Gasteiger charge is 2.17. The van der Waals surface area contributed by atoms with Crippen molar-refractivity contribution in [1.29, 1.82) is 0 Å². The summed E-state index contributed by atoms with van der Waals surface area (Å²) in [6.45, 7) is 0.446. The minimum atomic E-state index is -1.53. The molecule has 0 saturated carbocycles. The number of benzene rings is 1. The molecule has 2 N–H and O–H groups in total. The molecule has 20 heavy (non-hydrogen) atoms. The second-order valence-electron chi connectivity index (χ2n) is 3.96. The standard InChI is InChI=1S/C12H14F2N2O3S/c1-16(3-4-20-2)12(19)15-10-5-7(11(17)18)8(13)6-9(10)14/h5-6H,3-4H2,1-2H3,(H,15,19)(H,17,18). The van der Waals surface area contributed by atoms with Gasteiger partial charge in [-0.1, -0.05) is 0 Å². The van der Waals surface area contributed by atoms with E-state index in [-0.39, 0.29) is 5.69 Å². The van der Waals surface area contributed by atoms with Crippen molar-refractivity contribution in [2.75, 3.05) is 30.9 Å². The monoisotopic (exact) mass is 304 g/mol. The number of anilines is 1. The van der Waals surface area contributed by atoms with Gasteiger partial charge in [-0.3, -0.25) is 0 Å². The first-order valence-electron chi connectivity index (χ1n) is 5.60. The Balaban J connectivity index is 2.89. The number of carboxylic acid groups (broad SMARTS) is 1. The lowest BCUT2D eigenvalue weighted by Gasteiger charge is -2.17. The van der Waals surface area contributed by atoms with Crippen molar-refractivity contribution in [2.24, 2.45) is 0 Å². The van der Waals surface area contributed by atoms with E-state index in [1.807, 2.05) is 6.26 Å². The quantitative estimate of drug-likeness (QED) is 0.877. The molecular formula is C12H14F2N2O3S. The Morgan fingerprint density at radius 1 is 1.35 bits per heavy atom. The van der Waals surface area contributed by atoms with Crippen molar-refractivity contribution in [3.8, 4) is 0 Å². The molecule has 0 heterocycles. The third-order valence-corrected chi connectivity index (χ3v) is 3.10. The first-order valence-corrected chi connectivity index (χ1v) is 6.99. The number of hydrogen-bond acceptors (Lipinski definition) is 3. The normalized spacial score (nSPS) is 10.2. The zero-order chi connectivity index (χ0) is 15.3. The van der Waals surface area contributed by atoms with Gasteiger partial charge in [-0.2, -0.15) is 11.8 Å². The van der Waals surface area contributed by atoms with E-state index >= 15 is 0 Å². The van der Waals surface area contributed by atoms with Gasteiger partial charge in [-0.05, 0) is 12.3 Å². The summed E-state index contributed by atoms with van der Waals surface area (Å²) in [5.74, 6) is -3.05. The molecular weight excluding hydrogens is 290 g/mol. The molecule has 0 aromatic heterocycles. The van der Waals surface area contributed by atoms with E-state index in [0.29, 0.717) is 18.4 Å². The number of rotatable bonds is 5. The lowest BCUT2D eigenvalue weighted by molar-refractivity contribution is 0.0692. The molecule has 0 radical (unpaired) electrons. The molecule has 5 nitrogen and oxygen atoms in total. The van der Waals surface area contributed by atoms with Crippen LogP contribution in [0.15, 0.2) is 12.1 Å². The van der Waals surface area contributed by atoms with E-state index in [2.05, 4.69) is 5.32 Å². The number of thioether (sulfide) groups is 1. The van der Waals surface area contributed by atoms with E-state index in [1.165, 1.54) is 11.9 Å². The van der Waals surface area contributed by atoms with Crippen LogP contribution in [0.2, 0.25) is 0 Å². The predicted octanol–water partition coefficient (Wildman–Crippen LogP) is 2.49. The van der Waals surface area contributed by atoms with Gasteiger partial charge in [-0.25, -0.2) is 18.4 Å². The van der Waals surface area contributed by atoms with Crippen LogP contribution < -0.4 is 5.32 Å². The summed E-state index contributed by atoms with van der Waals surface area (Å²) < 4.78 is 26.7. The fourth-order valence-electron chi connectivity index (χ4n) is 1.35. The van der Waals surface area contributed by atoms with E-state index in [1.54, 1.807) is 11.8 Å². The minimum absolute atomic E-state index is 0.371. The van der Waals surface area contributed by atoms with Crippen molar-refractivity contribution in [3.63, 3.8) is 0 Å². The van der Waals surface area contributed by atoms with Crippen molar-refractivity contribution in [1.82, 2.24) is 4.90 Å². The Morgan fingerprint density at radius 2 is 2.00 bits per heavy atom. The Morgan fingerprint density at radius 3 is 2.55 bits per heavy atom. The first-order chi connectivity index (χ1) is 9.36. The molecule has 0 aliphatic rings. The molecule has 1 aromatic carbocycles. The fraction of sp³-hybridized carbons (Fsp3) is 0.333. The number of aromatic carboxylic acids is 1. The van der Waals surface area contributed by atoms with Crippen molar-refractivity contribution < 1.29 is 23.5 Å². The summed E-state index contributed by atoms with van der Waals surface area (Å²) in [6, 6.07) is 0.592. The average Bonchev–Trinajstić information content (AvgIpc) is 2.38. The smallest absolute Gasteiger partial charge is 0.338 e. The highest BCUT2D eigenvalue weighted by Crippen LogP contribution is 2.20. The predicted molar refractivity (Wildman–Crippen MR) is 73.3 cm³/mol. The van der Waals surface area contributed by atoms with Crippen LogP contribution in [0.5, 0.6) is 0 Å². The average molecular weight is 304 g/mol. The van der Waals surface area contributed by atoms with Crippen LogP contribution in [0, 0.1) is 11.6 Å². The Hall–Kier alpha value is -1.83. The molecule has 0 bridgehead atoms. The highest BCUT2D eigenvalue weighted by atomic mass is 32.2. The second kappa shape index (κ2) is 7.09. The Labute approximate surface area is 119 Å². The molecule has 1 aromatic rings. The van der Waals surface area contributed by atoms with Crippen LogP contribution in [-0.2, 0) is 0 Å². The zero-order valence-electron chi connectivity index (χ0n) is 10.9. The molecule has 0 saturated heterocycles. The topological polar surface area (TPSA) is 69.6 Å². The van der Waals surface area contributed by atoms with Crippen molar-refractivity contribution in [2.45, 2.75) is 0 Å². The van der Waals surface area contributed by atoms with Gasteiger partial charge < -0.3 is 15.3 Å². The lowest BCUT2D eigenvalue weighted by atomic mass is 10.2. The van der Waals surface area contributed by atoms with Gasteiger partial charge >= 0.3 is 12.0 Å². The fourth-order valence-corrected chi connectivity index (χ4v) is 1.81. The number of amides is 2. The van der Waals surface area contributed by atoms with Gasteiger partial charge in [0.25, 0.3) is 0 Å². The number of hydrogen-bond donors (Lipinski definition) is 2. The van der Waals surface area contributed by atoms with Crippen LogP contribution >= 0.6 is 11.8 Å². The van der Waals surface area contributed by atoms with Crippen LogP contribution in [0.3, 0.4) is 0 Å². The van der Waals surface area contributed by atoms with Crippen molar-refractivity contribution in [3.05, 3.63) is 29.3 Å². The molecule has 0 atom stereocenters. The Kier molecular flexibility index (Phi) is 5.75. The summed E-state index contributed by atoms with van der Waals surface area (Å²) in [6.07, 6.45) is 1.88. The van der Waals surface area contributed by atoms with E-state index in [0.717, 1.165) is 6.07 Å². The van der Waals surface area contributed by atoms with Crippen LogP contribution in [0.25, 0.3) is 0 Å². The molecule has 0 unspecified atom stereocenters. The SMILES string of the molecule is CSCCN(C)C(=O)Nc1cc(C(=O)O)c(F)cc1F. The van der Waals surface area contributed by atoms with Gasteiger partial charge in [0.05, 0.1) is 11.3 Å². The number of halogens is 2. The molecule has 2 amide bonds. The van der Waals surface area contributed by atoms with E-state index in [4.69, 9.17) is 5.11 Å². The van der Waals surface area contributed by atoms with Gasteiger partial charge in [0.15, 0.2) is 0 Å². The number of carbonyl (C=O) groups excluding carboxylic acids is 1. The number of carbonyl (C=O) groups is 2. The number of nitrogens with one attached hydrogen (secondary N) is 1. The van der Waals surface area contributed by atoms with Gasteiger partial charge in [0.2, 0.25) is 0 Å². The van der Waals surface area contributed by atoms with Gasteiger partial charge in [0, 0.05) is 25.4 Å². The molecule has 0 aliphatic heterocycles. The van der Waals surface area contributed by atoms with Crippen LogP contribution in [-0.4, -0.2) is 47.6 Å². The maximum atomic E-state index is 13.5. The summed E-state index contributed by atoms with van der Waals surface area (Å²) in [5.41, 5.74) is -1.07. The second-order valence-corrected chi connectivity index (χ2v) is 4.95. The van der Waals surface area contributed by atoms with Gasteiger partial charge in [0.1, 0.15) is 11.6 Å². The minimum Gasteiger partial charge on any atom is -0.478 e. The number of urea groups is 1. The number of carboxylic acids is 1. The molecule has 1 rings (SSSR count). The third-order valence-electron chi connectivity index (χ3n) is 2.51. The molecule has 110 valence electrons. The van der Waals surface area contributed by atoms with Crippen molar-refractivity contribution >= 4 is 29.4 Å². The summed E-state index contributed by atoms with van der Waals surface area (Å²) >= 11 is 1.54. The molecule has 0 aliphatic carbocycles. The maximum absolute atomic E-state index is 13.5. The van der Waals surface area contributed by atoms with E-state index in [9.17, 15) is 18.4 Å². The van der Waals surface area contributed by atoms with E-state index < -0.39 is 29.2 Å². The lowest BCUT2D eigenvalue weighted by Crippen LogP contribution is -2.33. The third kappa shape index (κ3) is 4.09.